The van der Waals surface area contributed by atoms with Crippen molar-refractivity contribution in [2.24, 2.45) is 0 Å². The minimum absolute atomic E-state index is 0.132. The molecule has 0 atom stereocenters. The van der Waals surface area contributed by atoms with Crippen LogP contribution in [0.5, 0.6) is 0 Å². The van der Waals surface area contributed by atoms with E-state index in [1.54, 1.807) is 0 Å². The number of aliphatic hydroxyl groups excluding tert-OH is 1. The van der Waals surface area contributed by atoms with Gasteiger partial charge in [0.05, 0.1) is 17.7 Å². The van der Waals surface area contributed by atoms with Crippen LogP contribution >= 0.6 is 0 Å². The second-order valence-corrected chi connectivity index (χ2v) is 5.27. The normalized spacial score (nSPS) is 17.7. The van der Waals surface area contributed by atoms with Gasteiger partial charge in [0.25, 0.3) is 0 Å². The van der Waals surface area contributed by atoms with Crippen LogP contribution in [0.3, 0.4) is 0 Å². The maximum absolute atomic E-state index is 9.67. The minimum Gasteiger partial charge on any atom is -0.399 e. The Morgan fingerprint density at radius 2 is 2.05 bits per heavy atom. The molecule has 0 spiro atoms. The Bertz CT molecular complexity index is 593. The molecule has 5 nitrogen and oxygen atoms in total. The Kier molecular flexibility index (Phi) is 2.98. The molecule has 4 N–H and O–H groups in total. The second kappa shape index (κ2) is 4.66. The molecule has 1 saturated carbocycles. The van der Waals surface area contributed by atoms with E-state index in [2.05, 4.69) is 15.3 Å². The summed E-state index contributed by atoms with van der Waals surface area (Å²) in [6.07, 6.45) is 5.77. The number of benzene rings is 1. The molecule has 3 rings (SSSR count). The van der Waals surface area contributed by atoms with E-state index in [0.717, 1.165) is 42.4 Å². The fraction of sp³-hybridized carbons (Fsp3) is 0.429. The maximum Gasteiger partial charge on any atom is 0.137 e. The highest BCUT2D eigenvalue weighted by Gasteiger charge is 2.33. The zero-order valence-corrected chi connectivity index (χ0v) is 10.8. The molecule has 100 valence electrons. The molecular weight excluding hydrogens is 240 g/mol. The minimum atomic E-state index is -0.233. The smallest absolute Gasteiger partial charge is 0.137 e. The van der Waals surface area contributed by atoms with E-state index >= 15 is 0 Å². The monoisotopic (exact) mass is 258 g/mol. The summed E-state index contributed by atoms with van der Waals surface area (Å²) in [4.78, 5) is 8.55. The van der Waals surface area contributed by atoms with Crippen LogP contribution in [0.25, 0.3) is 10.9 Å². The van der Waals surface area contributed by atoms with Gasteiger partial charge in [0, 0.05) is 11.1 Å². The molecular formula is C14H18N4O. The number of fused-ring (bicyclic) bond motifs is 1. The fourth-order valence-corrected chi connectivity index (χ4v) is 2.80. The molecule has 2 aromatic rings. The van der Waals surface area contributed by atoms with Gasteiger partial charge in [0.1, 0.15) is 12.1 Å². The third-order valence-electron chi connectivity index (χ3n) is 3.91. The van der Waals surface area contributed by atoms with Crippen molar-refractivity contribution in [3.05, 3.63) is 24.5 Å². The van der Waals surface area contributed by atoms with Crippen LogP contribution in [0, 0.1) is 0 Å². The second-order valence-electron chi connectivity index (χ2n) is 5.27. The van der Waals surface area contributed by atoms with E-state index in [9.17, 15) is 5.11 Å². The topological polar surface area (TPSA) is 84.1 Å². The highest BCUT2D eigenvalue weighted by Crippen LogP contribution is 2.34. The predicted molar refractivity (Wildman–Crippen MR) is 75.9 cm³/mol. The fourth-order valence-electron chi connectivity index (χ4n) is 2.80. The number of rotatable bonds is 3. The molecule has 1 aromatic carbocycles. The molecule has 1 aromatic heterocycles. The highest BCUT2D eigenvalue weighted by molar-refractivity contribution is 5.90. The first kappa shape index (κ1) is 12.2. The number of nitrogens with two attached hydrogens (primary N) is 1. The van der Waals surface area contributed by atoms with Crippen molar-refractivity contribution in [2.45, 2.75) is 31.2 Å². The van der Waals surface area contributed by atoms with Crippen LogP contribution in [0.15, 0.2) is 24.5 Å². The average Bonchev–Trinajstić information content (AvgIpc) is 2.88. The molecule has 1 heterocycles. The lowest BCUT2D eigenvalue weighted by Crippen LogP contribution is -2.39. The van der Waals surface area contributed by atoms with E-state index in [1.165, 1.54) is 6.33 Å². The van der Waals surface area contributed by atoms with Gasteiger partial charge in [-0.3, -0.25) is 0 Å². The molecule has 0 radical (unpaired) electrons. The molecule has 1 fully saturated rings. The molecule has 19 heavy (non-hydrogen) atoms. The molecule has 0 unspecified atom stereocenters. The number of hydrogen-bond acceptors (Lipinski definition) is 5. The number of aliphatic hydroxyl groups is 1. The Balaban J connectivity index is 2.01. The first-order chi connectivity index (χ1) is 9.22. The van der Waals surface area contributed by atoms with E-state index in [-0.39, 0.29) is 12.1 Å². The van der Waals surface area contributed by atoms with Crippen molar-refractivity contribution in [1.82, 2.24) is 9.97 Å². The lowest BCUT2D eigenvalue weighted by Gasteiger charge is -2.29. The van der Waals surface area contributed by atoms with Crippen molar-refractivity contribution < 1.29 is 5.11 Å². The molecule has 0 bridgehead atoms. The third kappa shape index (κ3) is 2.21. The van der Waals surface area contributed by atoms with E-state index in [1.807, 2.05) is 18.2 Å². The number of aromatic nitrogens is 2. The zero-order valence-electron chi connectivity index (χ0n) is 10.8. The summed E-state index contributed by atoms with van der Waals surface area (Å²) in [7, 11) is 0. The van der Waals surface area contributed by atoms with Gasteiger partial charge in [-0.1, -0.05) is 12.8 Å². The maximum atomic E-state index is 9.67. The Labute approximate surface area is 111 Å². The quantitative estimate of drug-likeness (QED) is 0.733. The van der Waals surface area contributed by atoms with Gasteiger partial charge < -0.3 is 16.2 Å². The van der Waals surface area contributed by atoms with E-state index in [0.29, 0.717) is 5.69 Å². The molecule has 1 aliphatic rings. The van der Waals surface area contributed by atoms with Gasteiger partial charge in [0.15, 0.2) is 0 Å². The molecule has 1 aliphatic carbocycles. The van der Waals surface area contributed by atoms with Gasteiger partial charge in [-0.15, -0.1) is 0 Å². The van der Waals surface area contributed by atoms with Gasteiger partial charge in [-0.2, -0.15) is 0 Å². The number of nitrogens with one attached hydrogen (secondary N) is 1. The Morgan fingerprint density at radius 3 is 2.79 bits per heavy atom. The Morgan fingerprint density at radius 1 is 1.26 bits per heavy atom. The van der Waals surface area contributed by atoms with Gasteiger partial charge in [0.2, 0.25) is 0 Å². The Hall–Kier alpha value is -1.88. The predicted octanol–water partition coefficient (Wildman–Crippen LogP) is 1.93. The lowest BCUT2D eigenvalue weighted by molar-refractivity contribution is 0.214. The number of hydrogen-bond donors (Lipinski definition) is 3. The van der Waals surface area contributed by atoms with Crippen molar-refractivity contribution in [3.63, 3.8) is 0 Å². The SMILES string of the molecule is Nc1ccc2c(NC3(CO)CCCC3)ncnc2c1. The van der Waals surface area contributed by atoms with Gasteiger partial charge in [-0.05, 0) is 31.0 Å². The van der Waals surface area contributed by atoms with Crippen molar-refractivity contribution in [2.75, 3.05) is 17.7 Å². The lowest BCUT2D eigenvalue weighted by atomic mass is 9.98. The molecule has 0 saturated heterocycles. The van der Waals surface area contributed by atoms with Crippen molar-refractivity contribution in [1.29, 1.82) is 0 Å². The number of nitrogen functional groups attached to an aromatic ring is 1. The summed E-state index contributed by atoms with van der Waals surface area (Å²) < 4.78 is 0. The summed E-state index contributed by atoms with van der Waals surface area (Å²) in [5.74, 6) is 0.779. The van der Waals surface area contributed by atoms with E-state index in [4.69, 9.17) is 5.73 Å². The first-order valence-corrected chi connectivity index (χ1v) is 6.62. The largest absolute Gasteiger partial charge is 0.399 e. The third-order valence-corrected chi connectivity index (χ3v) is 3.91. The standard InChI is InChI=1S/C14H18N4O/c15-10-3-4-11-12(7-10)16-9-17-13(11)18-14(8-19)5-1-2-6-14/h3-4,7,9,19H,1-2,5-6,8,15H2,(H,16,17,18). The van der Waals surface area contributed by atoms with Crippen LogP contribution < -0.4 is 11.1 Å². The van der Waals surface area contributed by atoms with Crippen LogP contribution in [0.4, 0.5) is 11.5 Å². The highest BCUT2D eigenvalue weighted by atomic mass is 16.3. The molecule has 0 amide bonds. The van der Waals surface area contributed by atoms with E-state index < -0.39 is 0 Å². The molecule has 0 aliphatic heterocycles. The number of anilines is 2. The number of nitrogens with zero attached hydrogens (tertiary/aromatic N) is 2. The summed E-state index contributed by atoms with van der Waals surface area (Å²) >= 11 is 0. The van der Waals surface area contributed by atoms with Crippen LogP contribution in [0.1, 0.15) is 25.7 Å². The van der Waals surface area contributed by atoms with Crippen molar-refractivity contribution >= 4 is 22.4 Å². The van der Waals surface area contributed by atoms with Crippen LogP contribution in [-0.2, 0) is 0 Å². The average molecular weight is 258 g/mol. The first-order valence-electron chi connectivity index (χ1n) is 6.62. The van der Waals surface area contributed by atoms with Crippen molar-refractivity contribution in [3.8, 4) is 0 Å². The van der Waals surface area contributed by atoms with Gasteiger partial charge >= 0.3 is 0 Å². The summed E-state index contributed by atoms with van der Waals surface area (Å²) in [6, 6.07) is 5.60. The summed E-state index contributed by atoms with van der Waals surface area (Å²) in [5, 5.41) is 14.0. The van der Waals surface area contributed by atoms with Gasteiger partial charge in [-0.25, -0.2) is 9.97 Å². The van der Waals surface area contributed by atoms with Crippen LogP contribution in [-0.4, -0.2) is 27.2 Å². The van der Waals surface area contributed by atoms with Crippen LogP contribution in [0.2, 0.25) is 0 Å². The zero-order chi connectivity index (χ0) is 13.3. The summed E-state index contributed by atoms with van der Waals surface area (Å²) in [6.45, 7) is 0.132. The summed E-state index contributed by atoms with van der Waals surface area (Å²) in [5.41, 5.74) is 7.05. The molecule has 5 heteroatoms.